The van der Waals surface area contributed by atoms with Crippen LogP contribution in [0.2, 0.25) is 0 Å². The maximum Gasteiger partial charge on any atom is 0.390 e. The van der Waals surface area contributed by atoms with E-state index in [1.165, 1.54) is 0 Å². The summed E-state index contributed by atoms with van der Waals surface area (Å²) in [6, 6.07) is 17.4. The summed E-state index contributed by atoms with van der Waals surface area (Å²) in [5.41, 5.74) is 0.708. The summed E-state index contributed by atoms with van der Waals surface area (Å²) in [4.78, 5) is 26.6. The van der Waals surface area contributed by atoms with E-state index in [2.05, 4.69) is 4.98 Å². The van der Waals surface area contributed by atoms with Gasteiger partial charge < -0.3 is 14.9 Å². The zero-order valence-corrected chi connectivity index (χ0v) is 12.5. The number of carbonyl (C=O) groups is 1. The van der Waals surface area contributed by atoms with Crippen LogP contribution in [0.25, 0.3) is 10.6 Å². The summed E-state index contributed by atoms with van der Waals surface area (Å²) in [7, 11) is 0. The average Bonchev–Trinajstić information content (AvgIpc) is 3.02. The van der Waals surface area contributed by atoms with Gasteiger partial charge in [-0.3, -0.25) is 0 Å². The minimum absolute atomic E-state index is 0.127. The van der Waals surface area contributed by atoms with E-state index >= 15 is 0 Å². The molecule has 0 radical (unpaired) electrons. The van der Waals surface area contributed by atoms with Gasteiger partial charge in [-0.25, -0.2) is 4.79 Å². The maximum atomic E-state index is 12.2. The van der Waals surface area contributed by atoms with Gasteiger partial charge in [0.1, 0.15) is 5.75 Å². The molecule has 3 aromatic rings. The quantitative estimate of drug-likeness (QED) is 0.314. The molecule has 0 bridgehead atoms. The molecule has 0 fully saturated rings. The van der Waals surface area contributed by atoms with Crippen molar-refractivity contribution in [2.75, 3.05) is 0 Å². The fourth-order valence-electron chi connectivity index (χ4n) is 1.91. The Morgan fingerprint density at radius 1 is 1.04 bits per heavy atom. The smallest absolute Gasteiger partial charge is 0.390 e. The number of nitrogens with zero attached hydrogens (tertiary/aromatic N) is 2. The van der Waals surface area contributed by atoms with Crippen LogP contribution < -0.4 is 4.74 Å². The second-order valence-corrected chi connectivity index (χ2v) is 5.50. The number of rotatable bonds is 4. The predicted molar refractivity (Wildman–Crippen MR) is 85.6 cm³/mol. The largest absolute Gasteiger partial charge is 0.422 e. The van der Waals surface area contributed by atoms with Crippen LogP contribution in [0, 0.1) is 10.1 Å². The van der Waals surface area contributed by atoms with E-state index in [4.69, 9.17) is 4.74 Å². The molecule has 1 aromatic heterocycles. The molecule has 0 aliphatic carbocycles. The van der Waals surface area contributed by atoms with Crippen molar-refractivity contribution >= 4 is 23.1 Å². The lowest BCUT2D eigenvalue weighted by molar-refractivity contribution is -0.389. The van der Waals surface area contributed by atoms with Gasteiger partial charge in [-0.05, 0) is 34.2 Å². The van der Waals surface area contributed by atoms with E-state index in [-0.39, 0.29) is 4.88 Å². The average molecular weight is 326 g/mol. The Morgan fingerprint density at radius 2 is 1.65 bits per heavy atom. The molecule has 0 atom stereocenters. The number of hydrogen-bond donors (Lipinski definition) is 0. The Kier molecular flexibility index (Phi) is 4.11. The van der Waals surface area contributed by atoms with Crippen LogP contribution in [0.3, 0.4) is 0 Å². The molecule has 1 heterocycles. The van der Waals surface area contributed by atoms with Gasteiger partial charge in [0.2, 0.25) is 9.88 Å². The summed E-state index contributed by atoms with van der Waals surface area (Å²) in [6.07, 6.45) is 0. The van der Waals surface area contributed by atoms with Crippen molar-refractivity contribution in [3.05, 3.63) is 75.7 Å². The second kappa shape index (κ2) is 6.37. The Balaban J connectivity index is 1.96. The van der Waals surface area contributed by atoms with Gasteiger partial charge in [-0.2, -0.15) is 0 Å². The number of carbonyl (C=O) groups excluding carboxylic acids is 1. The third-order valence-electron chi connectivity index (χ3n) is 2.94. The Morgan fingerprint density at radius 3 is 2.26 bits per heavy atom. The molecule has 0 aliphatic rings. The lowest BCUT2D eigenvalue weighted by Gasteiger charge is -2.01. The third-order valence-corrected chi connectivity index (χ3v) is 4.02. The Bertz CT molecular complexity index is 847. The van der Waals surface area contributed by atoms with Crippen molar-refractivity contribution in [2.24, 2.45) is 0 Å². The molecule has 23 heavy (non-hydrogen) atoms. The number of ether oxygens (including phenoxy) is 1. The molecular weight excluding hydrogens is 316 g/mol. The van der Waals surface area contributed by atoms with Gasteiger partial charge in [0, 0.05) is 5.56 Å². The number of nitro groups is 1. The van der Waals surface area contributed by atoms with Crippen molar-refractivity contribution in [2.45, 2.75) is 0 Å². The molecule has 0 N–H and O–H groups in total. The van der Waals surface area contributed by atoms with E-state index < -0.39 is 16.7 Å². The van der Waals surface area contributed by atoms with Gasteiger partial charge in [0.15, 0.2) is 0 Å². The van der Waals surface area contributed by atoms with Crippen LogP contribution in [-0.2, 0) is 0 Å². The Labute approximate surface area is 135 Å². The number of thiazole rings is 1. The van der Waals surface area contributed by atoms with E-state index in [0.717, 1.165) is 11.3 Å². The van der Waals surface area contributed by atoms with Crippen LogP contribution in [-0.4, -0.2) is 15.9 Å². The van der Waals surface area contributed by atoms with Crippen LogP contribution >= 0.6 is 11.3 Å². The topological polar surface area (TPSA) is 82.3 Å². The van der Waals surface area contributed by atoms with Crippen molar-refractivity contribution in [1.29, 1.82) is 0 Å². The highest BCUT2D eigenvalue weighted by molar-refractivity contribution is 7.17. The number of hydrogen-bond acceptors (Lipinski definition) is 6. The summed E-state index contributed by atoms with van der Waals surface area (Å²) in [5.74, 6) is -0.959. The minimum Gasteiger partial charge on any atom is -0.422 e. The molecule has 0 amide bonds. The van der Waals surface area contributed by atoms with Gasteiger partial charge in [0.25, 0.3) is 0 Å². The standard InChI is InChI=1S/C16H10N2O4S/c19-16(22-12-9-5-2-6-10-12)13-14(18(20)21)17-15(23-13)11-7-3-1-4-8-11/h1-10H. The lowest BCUT2D eigenvalue weighted by atomic mass is 10.2. The molecule has 2 aromatic carbocycles. The monoisotopic (exact) mass is 326 g/mol. The highest BCUT2D eigenvalue weighted by Gasteiger charge is 2.30. The van der Waals surface area contributed by atoms with Crippen LogP contribution in [0.15, 0.2) is 60.7 Å². The molecular formula is C16H10N2O4S. The molecule has 0 unspecified atom stereocenters. The van der Waals surface area contributed by atoms with Crippen molar-refractivity contribution in [1.82, 2.24) is 4.98 Å². The number of esters is 1. The van der Waals surface area contributed by atoms with Crippen molar-refractivity contribution in [3.63, 3.8) is 0 Å². The number of aromatic nitrogens is 1. The summed E-state index contributed by atoms with van der Waals surface area (Å²) in [6.45, 7) is 0. The van der Waals surface area contributed by atoms with E-state index in [9.17, 15) is 14.9 Å². The first-order valence-electron chi connectivity index (χ1n) is 6.63. The van der Waals surface area contributed by atoms with Gasteiger partial charge >= 0.3 is 11.8 Å². The Hall–Kier alpha value is -3.06. The van der Waals surface area contributed by atoms with E-state index in [0.29, 0.717) is 16.3 Å². The molecule has 6 nitrogen and oxygen atoms in total. The first kappa shape index (κ1) is 14.9. The zero-order valence-electron chi connectivity index (χ0n) is 11.7. The molecule has 3 rings (SSSR count). The first-order valence-corrected chi connectivity index (χ1v) is 7.44. The summed E-state index contributed by atoms with van der Waals surface area (Å²) >= 11 is 0.941. The van der Waals surface area contributed by atoms with E-state index in [1.54, 1.807) is 54.6 Å². The van der Waals surface area contributed by atoms with Crippen LogP contribution in [0.4, 0.5) is 5.82 Å². The number of para-hydroxylation sites is 1. The van der Waals surface area contributed by atoms with Crippen molar-refractivity contribution in [3.8, 4) is 16.3 Å². The lowest BCUT2D eigenvalue weighted by Crippen LogP contribution is -2.08. The maximum absolute atomic E-state index is 12.2. The fourth-order valence-corrected chi connectivity index (χ4v) is 2.83. The molecule has 7 heteroatoms. The summed E-state index contributed by atoms with van der Waals surface area (Å²) in [5, 5.41) is 11.6. The normalized spacial score (nSPS) is 10.3. The van der Waals surface area contributed by atoms with Gasteiger partial charge in [-0.1, -0.05) is 47.7 Å². The predicted octanol–water partition coefficient (Wildman–Crippen LogP) is 3.94. The third kappa shape index (κ3) is 3.24. The molecule has 114 valence electrons. The van der Waals surface area contributed by atoms with Crippen LogP contribution in [0.1, 0.15) is 9.67 Å². The zero-order chi connectivity index (χ0) is 16.2. The van der Waals surface area contributed by atoms with Crippen molar-refractivity contribution < 1.29 is 14.5 Å². The first-order chi connectivity index (χ1) is 11.1. The van der Waals surface area contributed by atoms with Crippen LogP contribution in [0.5, 0.6) is 5.75 Å². The second-order valence-electron chi connectivity index (χ2n) is 4.50. The molecule has 0 aliphatic heterocycles. The SMILES string of the molecule is O=C(Oc1ccccc1)c1sc(-c2ccccc2)nc1[N+](=O)[O-]. The van der Waals surface area contributed by atoms with Gasteiger partial charge in [0.05, 0.1) is 0 Å². The number of benzene rings is 2. The summed E-state index contributed by atoms with van der Waals surface area (Å²) < 4.78 is 5.17. The van der Waals surface area contributed by atoms with E-state index in [1.807, 2.05) is 6.07 Å². The molecule has 0 saturated carbocycles. The fraction of sp³-hybridized carbons (Fsp3) is 0. The minimum atomic E-state index is -0.789. The highest BCUT2D eigenvalue weighted by atomic mass is 32.1. The molecule has 0 spiro atoms. The molecule has 0 saturated heterocycles. The highest BCUT2D eigenvalue weighted by Crippen LogP contribution is 2.33. The van der Waals surface area contributed by atoms with Gasteiger partial charge in [-0.15, -0.1) is 0 Å².